The van der Waals surface area contributed by atoms with Gasteiger partial charge < -0.3 is 0 Å². The standard InChI is InChI=1S/C12H12O/c13-12-8-4-7-11(9-12)10-5-2-1-3-6-10/h1-6,8,11H,7,9H2/t11-/m1/s1. The fourth-order valence-corrected chi connectivity index (χ4v) is 1.74. The lowest BCUT2D eigenvalue weighted by molar-refractivity contribution is -0.115. The first kappa shape index (κ1) is 8.24. The van der Waals surface area contributed by atoms with E-state index in [-0.39, 0.29) is 5.78 Å². The largest absolute Gasteiger partial charge is 0.295 e. The Morgan fingerprint density at radius 1 is 1.15 bits per heavy atom. The highest BCUT2D eigenvalue weighted by Crippen LogP contribution is 2.26. The fourth-order valence-electron chi connectivity index (χ4n) is 1.74. The van der Waals surface area contributed by atoms with Gasteiger partial charge in [0.1, 0.15) is 0 Å². The van der Waals surface area contributed by atoms with Crippen molar-refractivity contribution >= 4 is 5.78 Å². The molecule has 0 saturated carbocycles. The van der Waals surface area contributed by atoms with Crippen LogP contribution in [0.4, 0.5) is 0 Å². The van der Waals surface area contributed by atoms with E-state index in [4.69, 9.17) is 0 Å². The van der Waals surface area contributed by atoms with Crippen molar-refractivity contribution in [2.24, 2.45) is 0 Å². The van der Waals surface area contributed by atoms with Crippen LogP contribution in [0.2, 0.25) is 0 Å². The smallest absolute Gasteiger partial charge is 0.155 e. The first-order valence-electron chi connectivity index (χ1n) is 4.60. The maximum atomic E-state index is 11.2. The van der Waals surface area contributed by atoms with Crippen LogP contribution in [0.5, 0.6) is 0 Å². The molecule has 13 heavy (non-hydrogen) atoms. The van der Waals surface area contributed by atoms with Crippen molar-refractivity contribution in [1.82, 2.24) is 0 Å². The SMILES string of the molecule is O=C1C=CC[C@@H](c2ccccc2)C1. The monoisotopic (exact) mass is 172 g/mol. The number of hydrogen-bond donors (Lipinski definition) is 0. The average molecular weight is 172 g/mol. The second kappa shape index (κ2) is 3.56. The second-order valence-electron chi connectivity index (χ2n) is 3.42. The Balaban J connectivity index is 2.19. The minimum Gasteiger partial charge on any atom is -0.295 e. The molecule has 1 atom stereocenters. The van der Waals surface area contributed by atoms with Crippen molar-refractivity contribution < 1.29 is 4.79 Å². The lowest BCUT2D eigenvalue weighted by Crippen LogP contribution is -2.08. The maximum Gasteiger partial charge on any atom is 0.155 e. The van der Waals surface area contributed by atoms with Crippen molar-refractivity contribution in [2.45, 2.75) is 18.8 Å². The van der Waals surface area contributed by atoms with Crippen LogP contribution in [-0.4, -0.2) is 5.78 Å². The molecule has 1 aromatic carbocycles. The van der Waals surface area contributed by atoms with E-state index in [0.717, 1.165) is 6.42 Å². The van der Waals surface area contributed by atoms with Crippen molar-refractivity contribution in [3.8, 4) is 0 Å². The summed E-state index contributed by atoms with van der Waals surface area (Å²) in [4.78, 5) is 11.2. The summed E-state index contributed by atoms with van der Waals surface area (Å²) in [6.07, 6.45) is 5.33. The Labute approximate surface area is 78.1 Å². The molecule has 0 unspecified atom stereocenters. The molecule has 0 amide bonds. The number of carbonyl (C=O) groups excluding carboxylic acids is 1. The van der Waals surface area contributed by atoms with Gasteiger partial charge in [0.2, 0.25) is 0 Å². The van der Waals surface area contributed by atoms with Crippen LogP contribution in [0.25, 0.3) is 0 Å². The summed E-state index contributed by atoms with van der Waals surface area (Å²) in [5, 5.41) is 0. The van der Waals surface area contributed by atoms with E-state index in [1.807, 2.05) is 24.3 Å². The van der Waals surface area contributed by atoms with Gasteiger partial charge in [0.15, 0.2) is 5.78 Å². The molecule has 66 valence electrons. The number of carbonyl (C=O) groups is 1. The summed E-state index contributed by atoms with van der Waals surface area (Å²) >= 11 is 0. The van der Waals surface area contributed by atoms with Crippen LogP contribution in [0.1, 0.15) is 24.3 Å². The molecule has 0 heterocycles. The van der Waals surface area contributed by atoms with E-state index >= 15 is 0 Å². The van der Waals surface area contributed by atoms with Gasteiger partial charge in [0.25, 0.3) is 0 Å². The normalized spacial score (nSPS) is 21.8. The molecule has 0 aromatic heterocycles. The molecule has 1 aromatic rings. The number of hydrogen-bond acceptors (Lipinski definition) is 1. The lowest BCUT2D eigenvalue weighted by Gasteiger charge is -2.16. The van der Waals surface area contributed by atoms with E-state index < -0.39 is 0 Å². The Morgan fingerprint density at radius 2 is 1.92 bits per heavy atom. The first-order valence-corrected chi connectivity index (χ1v) is 4.60. The van der Waals surface area contributed by atoms with Gasteiger partial charge in [0.05, 0.1) is 0 Å². The molecule has 1 nitrogen and oxygen atoms in total. The third kappa shape index (κ3) is 1.86. The van der Waals surface area contributed by atoms with Gasteiger partial charge >= 0.3 is 0 Å². The maximum absolute atomic E-state index is 11.2. The molecule has 1 aliphatic rings. The zero-order chi connectivity index (χ0) is 9.10. The third-order valence-electron chi connectivity index (χ3n) is 2.44. The molecule has 0 bridgehead atoms. The van der Waals surface area contributed by atoms with Gasteiger partial charge in [-0.15, -0.1) is 0 Å². The Morgan fingerprint density at radius 3 is 2.62 bits per heavy atom. The minimum atomic E-state index is 0.250. The summed E-state index contributed by atoms with van der Waals surface area (Å²) in [7, 11) is 0. The summed E-state index contributed by atoms with van der Waals surface area (Å²) < 4.78 is 0. The zero-order valence-corrected chi connectivity index (χ0v) is 7.44. The van der Waals surface area contributed by atoms with Crippen LogP contribution < -0.4 is 0 Å². The summed E-state index contributed by atoms with van der Waals surface area (Å²) in [6, 6.07) is 10.2. The predicted octanol–water partition coefficient (Wildman–Crippen LogP) is 2.69. The molecule has 0 N–H and O–H groups in total. The van der Waals surface area contributed by atoms with Crippen molar-refractivity contribution in [2.75, 3.05) is 0 Å². The molecule has 1 aliphatic carbocycles. The van der Waals surface area contributed by atoms with Gasteiger partial charge in [-0.25, -0.2) is 0 Å². The number of allylic oxidation sites excluding steroid dienone is 2. The minimum absolute atomic E-state index is 0.250. The highest BCUT2D eigenvalue weighted by atomic mass is 16.1. The van der Waals surface area contributed by atoms with Crippen molar-refractivity contribution in [1.29, 1.82) is 0 Å². The van der Waals surface area contributed by atoms with E-state index in [1.54, 1.807) is 6.08 Å². The topological polar surface area (TPSA) is 17.1 Å². The molecule has 0 fully saturated rings. The average Bonchev–Trinajstić information content (AvgIpc) is 2.19. The molecule has 0 saturated heterocycles. The lowest BCUT2D eigenvalue weighted by atomic mass is 9.87. The molecule has 0 aliphatic heterocycles. The Hall–Kier alpha value is -1.37. The second-order valence-corrected chi connectivity index (χ2v) is 3.42. The summed E-state index contributed by atoms with van der Waals surface area (Å²) in [5.41, 5.74) is 1.28. The molecule has 1 heteroatoms. The van der Waals surface area contributed by atoms with E-state index in [2.05, 4.69) is 12.1 Å². The third-order valence-corrected chi connectivity index (χ3v) is 2.44. The Kier molecular flexibility index (Phi) is 2.26. The van der Waals surface area contributed by atoms with Crippen LogP contribution in [0.15, 0.2) is 42.5 Å². The molecule has 2 rings (SSSR count). The molecule has 0 spiro atoms. The number of rotatable bonds is 1. The fraction of sp³-hybridized carbons (Fsp3) is 0.250. The van der Waals surface area contributed by atoms with Crippen LogP contribution in [-0.2, 0) is 4.79 Å². The van der Waals surface area contributed by atoms with Gasteiger partial charge in [0, 0.05) is 6.42 Å². The highest BCUT2D eigenvalue weighted by Gasteiger charge is 2.16. The summed E-state index contributed by atoms with van der Waals surface area (Å²) in [6.45, 7) is 0. The van der Waals surface area contributed by atoms with Gasteiger partial charge in [-0.2, -0.15) is 0 Å². The predicted molar refractivity (Wildman–Crippen MR) is 52.6 cm³/mol. The van der Waals surface area contributed by atoms with Gasteiger partial charge in [-0.1, -0.05) is 36.4 Å². The number of ketones is 1. The van der Waals surface area contributed by atoms with E-state index in [9.17, 15) is 4.79 Å². The first-order chi connectivity index (χ1) is 6.36. The van der Waals surface area contributed by atoms with Crippen LogP contribution in [0, 0.1) is 0 Å². The van der Waals surface area contributed by atoms with Crippen molar-refractivity contribution in [3.05, 3.63) is 48.0 Å². The van der Waals surface area contributed by atoms with Crippen LogP contribution in [0.3, 0.4) is 0 Å². The Bertz CT molecular complexity index is 324. The van der Waals surface area contributed by atoms with E-state index in [0.29, 0.717) is 12.3 Å². The van der Waals surface area contributed by atoms with Gasteiger partial charge in [-0.05, 0) is 24.0 Å². The molecular formula is C12H12O. The van der Waals surface area contributed by atoms with E-state index in [1.165, 1.54) is 5.56 Å². The molecular weight excluding hydrogens is 160 g/mol. The zero-order valence-electron chi connectivity index (χ0n) is 7.44. The van der Waals surface area contributed by atoms with Gasteiger partial charge in [-0.3, -0.25) is 4.79 Å². The number of benzene rings is 1. The quantitative estimate of drug-likeness (QED) is 0.636. The van der Waals surface area contributed by atoms with Crippen LogP contribution >= 0.6 is 0 Å². The van der Waals surface area contributed by atoms with Crippen molar-refractivity contribution in [3.63, 3.8) is 0 Å². The highest BCUT2D eigenvalue weighted by molar-refractivity contribution is 5.91. The summed E-state index contributed by atoms with van der Waals surface area (Å²) in [5.74, 6) is 0.652. The molecule has 0 radical (unpaired) electrons.